The smallest absolute Gasteiger partial charge is 0.259 e. The summed E-state index contributed by atoms with van der Waals surface area (Å²) in [5.74, 6) is 0.0867. The number of amides is 1. The molecule has 1 N–H and O–H groups in total. The number of likely N-dealkylation sites (N-methyl/N-ethyl adjacent to an activating group) is 1. The Bertz CT molecular complexity index is 433. The van der Waals surface area contributed by atoms with Crippen LogP contribution in [0.25, 0.3) is 0 Å². The SMILES string of the molecule is CC(C)NCc1cc(F)ccc1OCC(=O)N(C)C. The van der Waals surface area contributed by atoms with Crippen molar-refractivity contribution in [3.05, 3.63) is 29.6 Å². The van der Waals surface area contributed by atoms with E-state index in [9.17, 15) is 9.18 Å². The number of benzene rings is 1. The number of carbonyl (C=O) groups is 1. The third-order valence-electron chi connectivity index (χ3n) is 2.57. The maximum absolute atomic E-state index is 13.2. The van der Waals surface area contributed by atoms with Crippen molar-refractivity contribution in [2.45, 2.75) is 26.4 Å². The molecule has 0 saturated carbocycles. The second-order valence-corrected chi connectivity index (χ2v) is 4.86. The van der Waals surface area contributed by atoms with Gasteiger partial charge in [0, 0.05) is 32.2 Å². The molecule has 0 spiro atoms. The molecule has 0 fully saturated rings. The van der Waals surface area contributed by atoms with E-state index < -0.39 is 0 Å². The van der Waals surface area contributed by atoms with E-state index in [0.717, 1.165) is 0 Å². The summed E-state index contributed by atoms with van der Waals surface area (Å²) in [5, 5.41) is 3.20. The highest BCUT2D eigenvalue weighted by Gasteiger charge is 2.09. The first-order valence-corrected chi connectivity index (χ1v) is 6.25. The molecular formula is C14H21FN2O2. The first kappa shape index (κ1) is 15.4. The number of halogens is 1. The van der Waals surface area contributed by atoms with Gasteiger partial charge in [0.25, 0.3) is 5.91 Å². The molecule has 19 heavy (non-hydrogen) atoms. The number of ether oxygens (including phenoxy) is 1. The summed E-state index contributed by atoms with van der Waals surface area (Å²) in [6.07, 6.45) is 0. The molecule has 0 aromatic heterocycles. The van der Waals surface area contributed by atoms with Crippen molar-refractivity contribution in [3.8, 4) is 5.75 Å². The summed E-state index contributed by atoms with van der Waals surface area (Å²) in [6.45, 7) is 4.47. The highest BCUT2D eigenvalue weighted by atomic mass is 19.1. The van der Waals surface area contributed by atoms with E-state index in [2.05, 4.69) is 5.32 Å². The third-order valence-corrected chi connectivity index (χ3v) is 2.57. The minimum Gasteiger partial charge on any atom is -0.483 e. The summed E-state index contributed by atoms with van der Waals surface area (Å²) in [4.78, 5) is 12.9. The van der Waals surface area contributed by atoms with Crippen molar-refractivity contribution in [2.75, 3.05) is 20.7 Å². The Balaban J connectivity index is 2.73. The average Bonchev–Trinajstić information content (AvgIpc) is 2.34. The van der Waals surface area contributed by atoms with Gasteiger partial charge in [0.15, 0.2) is 6.61 Å². The first-order chi connectivity index (χ1) is 8.90. The van der Waals surface area contributed by atoms with E-state index in [1.165, 1.54) is 17.0 Å². The lowest BCUT2D eigenvalue weighted by molar-refractivity contribution is -0.130. The van der Waals surface area contributed by atoms with Gasteiger partial charge in [-0.15, -0.1) is 0 Å². The minimum atomic E-state index is -0.313. The van der Waals surface area contributed by atoms with E-state index in [1.807, 2.05) is 13.8 Å². The van der Waals surface area contributed by atoms with Crippen molar-refractivity contribution in [2.24, 2.45) is 0 Å². The maximum atomic E-state index is 13.2. The van der Waals surface area contributed by atoms with Crippen LogP contribution in [0.5, 0.6) is 5.75 Å². The summed E-state index contributed by atoms with van der Waals surface area (Å²) < 4.78 is 18.7. The van der Waals surface area contributed by atoms with Gasteiger partial charge in [0.05, 0.1) is 0 Å². The molecule has 0 atom stereocenters. The Hall–Kier alpha value is -1.62. The van der Waals surface area contributed by atoms with Crippen molar-refractivity contribution >= 4 is 5.91 Å². The molecule has 0 aliphatic heterocycles. The Morgan fingerprint density at radius 2 is 2.11 bits per heavy atom. The van der Waals surface area contributed by atoms with Gasteiger partial charge in [-0.05, 0) is 18.2 Å². The molecule has 0 heterocycles. The lowest BCUT2D eigenvalue weighted by atomic mass is 10.2. The number of hydrogen-bond acceptors (Lipinski definition) is 3. The van der Waals surface area contributed by atoms with Crippen LogP contribution in [0.15, 0.2) is 18.2 Å². The summed E-state index contributed by atoms with van der Waals surface area (Å²) in [6, 6.07) is 4.59. The highest BCUT2D eigenvalue weighted by molar-refractivity contribution is 5.77. The lowest BCUT2D eigenvalue weighted by Crippen LogP contribution is -2.28. The van der Waals surface area contributed by atoms with Gasteiger partial charge in [-0.1, -0.05) is 13.8 Å². The molecule has 0 saturated heterocycles. The molecule has 0 aliphatic carbocycles. The Morgan fingerprint density at radius 1 is 1.42 bits per heavy atom. The van der Waals surface area contributed by atoms with Gasteiger partial charge in [-0.2, -0.15) is 0 Å². The third kappa shape index (κ3) is 5.26. The van der Waals surface area contributed by atoms with Gasteiger partial charge < -0.3 is 15.0 Å². The zero-order valence-corrected chi connectivity index (χ0v) is 11.9. The molecule has 106 valence electrons. The predicted octanol–water partition coefficient (Wildman–Crippen LogP) is 1.79. The van der Waals surface area contributed by atoms with Crippen LogP contribution in [0.4, 0.5) is 4.39 Å². The van der Waals surface area contributed by atoms with Gasteiger partial charge in [-0.25, -0.2) is 4.39 Å². The zero-order valence-electron chi connectivity index (χ0n) is 11.9. The van der Waals surface area contributed by atoms with E-state index in [4.69, 9.17) is 4.74 Å². The van der Waals surface area contributed by atoms with Crippen LogP contribution in [0, 0.1) is 5.82 Å². The molecule has 1 amide bonds. The zero-order chi connectivity index (χ0) is 14.4. The van der Waals surface area contributed by atoms with Crippen LogP contribution >= 0.6 is 0 Å². The molecule has 1 aromatic rings. The van der Waals surface area contributed by atoms with Gasteiger partial charge in [-0.3, -0.25) is 4.79 Å². The lowest BCUT2D eigenvalue weighted by Gasteiger charge is -2.15. The van der Waals surface area contributed by atoms with Crippen molar-refractivity contribution in [1.29, 1.82) is 0 Å². The molecule has 0 bridgehead atoms. The monoisotopic (exact) mass is 268 g/mol. The fourth-order valence-corrected chi connectivity index (χ4v) is 1.41. The van der Waals surface area contributed by atoms with Gasteiger partial charge >= 0.3 is 0 Å². The molecule has 1 rings (SSSR count). The van der Waals surface area contributed by atoms with E-state index in [-0.39, 0.29) is 18.3 Å². The van der Waals surface area contributed by atoms with E-state index >= 15 is 0 Å². The molecule has 0 radical (unpaired) electrons. The molecular weight excluding hydrogens is 247 g/mol. The summed E-state index contributed by atoms with van der Waals surface area (Å²) in [7, 11) is 3.33. The van der Waals surface area contributed by atoms with Crippen LogP contribution < -0.4 is 10.1 Å². The molecule has 0 aliphatic rings. The topological polar surface area (TPSA) is 41.6 Å². The second kappa shape index (κ2) is 7.09. The van der Waals surface area contributed by atoms with Crippen molar-refractivity contribution < 1.29 is 13.9 Å². The summed E-state index contributed by atoms with van der Waals surface area (Å²) >= 11 is 0. The Kier molecular flexibility index (Phi) is 5.76. The van der Waals surface area contributed by atoms with E-state index in [1.54, 1.807) is 20.2 Å². The van der Waals surface area contributed by atoms with Gasteiger partial charge in [0.1, 0.15) is 11.6 Å². The van der Waals surface area contributed by atoms with Crippen LogP contribution in [0.2, 0.25) is 0 Å². The Morgan fingerprint density at radius 3 is 2.68 bits per heavy atom. The molecule has 4 nitrogen and oxygen atoms in total. The number of nitrogens with zero attached hydrogens (tertiary/aromatic N) is 1. The standard InChI is InChI=1S/C14H21FN2O2/c1-10(2)16-8-11-7-12(15)5-6-13(11)19-9-14(18)17(3)4/h5-7,10,16H,8-9H2,1-4H3. The normalized spacial score (nSPS) is 10.6. The number of carbonyl (C=O) groups excluding carboxylic acids is 1. The fourth-order valence-electron chi connectivity index (χ4n) is 1.41. The quantitative estimate of drug-likeness (QED) is 0.855. The highest BCUT2D eigenvalue weighted by Crippen LogP contribution is 2.19. The molecule has 5 heteroatoms. The van der Waals surface area contributed by atoms with Crippen molar-refractivity contribution in [1.82, 2.24) is 10.2 Å². The average molecular weight is 268 g/mol. The molecule has 1 aromatic carbocycles. The van der Waals surface area contributed by atoms with Gasteiger partial charge in [0.2, 0.25) is 0 Å². The largest absolute Gasteiger partial charge is 0.483 e. The Labute approximate surface area is 113 Å². The van der Waals surface area contributed by atoms with Crippen LogP contribution in [-0.4, -0.2) is 37.6 Å². The second-order valence-electron chi connectivity index (χ2n) is 4.86. The van der Waals surface area contributed by atoms with Crippen molar-refractivity contribution in [3.63, 3.8) is 0 Å². The predicted molar refractivity (Wildman–Crippen MR) is 72.6 cm³/mol. The van der Waals surface area contributed by atoms with E-state index in [0.29, 0.717) is 23.9 Å². The number of rotatable bonds is 6. The van der Waals surface area contributed by atoms with Crippen LogP contribution in [0.3, 0.4) is 0 Å². The van der Waals surface area contributed by atoms with Crippen LogP contribution in [0.1, 0.15) is 19.4 Å². The minimum absolute atomic E-state index is 0.0483. The number of nitrogens with one attached hydrogen (secondary N) is 1. The molecule has 0 unspecified atom stereocenters. The maximum Gasteiger partial charge on any atom is 0.259 e. The fraction of sp³-hybridized carbons (Fsp3) is 0.500. The number of hydrogen-bond donors (Lipinski definition) is 1. The van der Waals surface area contributed by atoms with Crippen LogP contribution in [-0.2, 0) is 11.3 Å². The first-order valence-electron chi connectivity index (χ1n) is 6.25. The summed E-state index contributed by atoms with van der Waals surface area (Å²) in [5.41, 5.74) is 0.709.